The van der Waals surface area contributed by atoms with Crippen LogP contribution in [-0.2, 0) is 17.9 Å². The fourth-order valence-corrected chi connectivity index (χ4v) is 4.01. The molecule has 170 valence electrons. The number of H-pyrrole nitrogens is 1. The molecule has 0 fully saturated rings. The number of hydrogen-bond acceptors (Lipinski definition) is 5. The Morgan fingerprint density at radius 3 is 2.64 bits per heavy atom. The summed E-state index contributed by atoms with van der Waals surface area (Å²) in [5.41, 5.74) is 4.83. The Morgan fingerprint density at radius 1 is 1.09 bits per heavy atom. The summed E-state index contributed by atoms with van der Waals surface area (Å²) in [6.45, 7) is 3.08. The number of aromatic nitrogens is 2. The molecular formula is C25H25BrN4O3. The molecular weight excluding hydrogens is 484 g/mol. The van der Waals surface area contributed by atoms with Crippen molar-refractivity contribution in [2.45, 2.75) is 20.0 Å². The van der Waals surface area contributed by atoms with Crippen LogP contribution in [0.25, 0.3) is 11.0 Å². The number of benzene rings is 3. The number of methoxy groups -OCH3 is 1. The van der Waals surface area contributed by atoms with Gasteiger partial charge in [0.2, 0.25) is 0 Å². The fraction of sp³-hybridized carbons (Fsp3) is 0.200. The molecule has 0 radical (unpaired) electrons. The quantitative estimate of drug-likeness (QED) is 0.297. The van der Waals surface area contributed by atoms with E-state index in [1.54, 1.807) is 7.11 Å². The number of fused-ring (bicyclic) bond motifs is 1. The van der Waals surface area contributed by atoms with Crippen LogP contribution in [0.5, 0.6) is 11.5 Å². The molecule has 1 amide bonds. The number of halogens is 1. The summed E-state index contributed by atoms with van der Waals surface area (Å²) in [5, 5.41) is 6.21. The molecule has 0 aliphatic carbocycles. The summed E-state index contributed by atoms with van der Waals surface area (Å²) in [5.74, 6) is 1.66. The summed E-state index contributed by atoms with van der Waals surface area (Å²) in [4.78, 5) is 20.2. The normalized spacial score (nSPS) is 10.9. The van der Waals surface area contributed by atoms with Crippen molar-refractivity contribution < 1.29 is 14.3 Å². The number of carbonyl (C=O) groups is 1. The van der Waals surface area contributed by atoms with Crippen molar-refractivity contribution in [2.24, 2.45) is 0 Å². The minimum atomic E-state index is -0.246. The SMILES string of the molecule is COc1cc(CNCc2nc3ccccc3[nH]2)cc(Br)c1OCC(=O)Nc1ccc(C)cc1. The highest BCUT2D eigenvalue weighted by molar-refractivity contribution is 9.10. The number of nitrogens with one attached hydrogen (secondary N) is 3. The van der Waals surface area contributed by atoms with Crippen molar-refractivity contribution in [1.82, 2.24) is 15.3 Å². The Labute approximate surface area is 200 Å². The van der Waals surface area contributed by atoms with Gasteiger partial charge in [-0.05, 0) is 64.8 Å². The van der Waals surface area contributed by atoms with Crippen LogP contribution in [0.3, 0.4) is 0 Å². The zero-order valence-corrected chi connectivity index (χ0v) is 20.0. The smallest absolute Gasteiger partial charge is 0.262 e. The largest absolute Gasteiger partial charge is 0.493 e. The molecule has 0 spiro atoms. The number of amides is 1. The van der Waals surface area contributed by atoms with E-state index in [0.29, 0.717) is 29.1 Å². The van der Waals surface area contributed by atoms with Gasteiger partial charge in [0.05, 0.1) is 29.2 Å². The number of hydrogen-bond donors (Lipinski definition) is 3. The van der Waals surface area contributed by atoms with Crippen LogP contribution >= 0.6 is 15.9 Å². The first kappa shape index (κ1) is 22.8. The van der Waals surface area contributed by atoms with Gasteiger partial charge in [-0.3, -0.25) is 4.79 Å². The van der Waals surface area contributed by atoms with E-state index in [1.165, 1.54) is 0 Å². The molecule has 0 saturated heterocycles. The monoisotopic (exact) mass is 508 g/mol. The first-order chi connectivity index (χ1) is 16.0. The molecule has 4 rings (SSSR count). The number of anilines is 1. The highest BCUT2D eigenvalue weighted by atomic mass is 79.9. The number of nitrogens with zero attached hydrogens (tertiary/aromatic N) is 1. The second-order valence-corrected chi connectivity index (χ2v) is 8.47. The summed E-state index contributed by atoms with van der Waals surface area (Å²) >= 11 is 3.54. The Morgan fingerprint density at radius 2 is 1.88 bits per heavy atom. The van der Waals surface area contributed by atoms with Crippen molar-refractivity contribution in [3.05, 3.63) is 82.1 Å². The van der Waals surface area contributed by atoms with Gasteiger partial charge < -0.3 is 25.1 Å². The Balaban J connectivity index is 1.34. The van der Waals surface area contributed by atoms with E-state index in [-0.39, 0.29) is 12.5 Å². The maximum atomic E-state index is 12.3. The lowest BCUT2D eigenvalue weighted by Gasteiger charge is -2.15. The lowest BCUT2D eigenvalue weighted by Crippen LogP contribution is -2.20. The van der Waals surface area contributed by atoms with Crippen LogP contribution in [0.1, 0.15) is 17.0 Å². The van der Waals surface area contributed by atoms with Gasteiger partial charge >= 0.3 is 0 Å². The molecule has 33 heavy (non-hydrogen) atoms. The molecule has 1 aromatic heterocycles. The van der Waals surface area contributed by atoms with E-state index in [2.05, 4.69) is 36.5 Å². The topological polar surface area (TPSA) is 88.3 Å². The van der Waals surface area contributed by atoms with Crippen molar-refractivity contribution in [2.75, 3.05) is 19.0 Å². The summed E-state index contributed by atoms with van der Waals surface area (Å²) in [6, 6.07) is 19.4. The van der Waals surface area contributed by atoms with Gasteiger partial charge in [-0.25, -0.2) is 4.98 Å². The minimum absolute atomic E-state index is 0.132. The molecule has 0 atom stereocenters. The Hall–Kier alpha value is -3.36. The summed E-state index contributed by atoms with van der Waals surface area (Å²) in [6.07, 6.45) is 0. The zero-order chi connectivity index (χ0) is 23.2. The van der Waals surface area contributed by atoms with Crippen LogP contribution < -0.4 is 20.1 Å². The summed E-state index contributed by atoms with van der Waals surface area (Å²) < 4.78 is 12.0. The second kappa shape index (κ2) is 10.5. The van der Waals surface area contributed by atoms with E-state index in [4.69, 9.17) is 9.47 Å². The number of aromatic amines is 1. The third-order valence-corrected chi connectivity index (χ3v) is 5.62. The molecule has 3 aromatic carbocycles. The van der Waals surface area contributed by atoms with E-state index in [1.807, 2.05) is 67.6 Å². The van der Waals surface area contributed by atoms with E-state index in [0.717, 1.165) is 33.7 Å². The molecule has 0 saturated carbocycles. The highest BCUT2D eigenvalue weighted by Crippen LogP contribution is 2.36. The summed E-state index contributed by atoms with van der Waals surface area (Å²) in [7, 11) is 1.58. The van der Waals surface area contributed by atoms with E-state index < -0.39 is 0 Å². The van der Waals surface area contributed by atoms with E-state index >= 15 is 0 Å². The first-order valence-corrected chi connectivity index (χ1v) is 11.3. The van der Waals surface area contributed by atoms with Crippen molar-refractivity contribution in [1.29, 1.82) is 0 Å². The van der Waals surface area contributed by atoms with E-state index in [9.17, 15) is 4.79 Å². The molecule has 1 heterocycles. The van der Waals surface area contributed by atoms with Gasteiger partial charge in [-0.1, -0.05) is 29.8 Å². The number of ether oxygens (including phenoxy) is 2. The average Bonchev–Trinajstić information content (AvgIpc) is 3.22. The van der Waals surface area contributed by atoms with Crippen LogP contribution in [0.4, 0.5) is 5.69 Å². The number of carbonyl (C=O) groups excluding carboxylic acids is 1. The van der Waals surface area contributed by atoms with Crippen molar-refractivity contribution in [3.8, 4) is 11.5 Å². The molecule has 0 aliphatic rings. The molecule has 3 N–H and O–H groups in total. The Bertz CT molecular complexity index is 1220. The van der Waals surface area contributed by atoms with Crippen LogP contribution in [0.2, 0.25) is 0 Å². The van der Waals surface area contributed by atoms with Crippen molar-refractivity contribution >= 4 is 38.6 Å². The van der Waals surface area contributed by atoms with Gasteiger partial charge in [-0.15, -0.1) is 0 Å². The first-order valence-electron chi connectivity index (χ1n) is 10.5. The maximum absolute atomic E-state index is 12.3. The highest BCUT2D eigenvalue weighted by Gasteiger charge is 2.14. The van der Waals surface area contributed by atoms with Gasteiger partial charge in [0.15, 0.2) is 18.1 Å². The Kier molecular flexibility index (Phi) is 7.26. The van der Waals surface area contributed by atoms with Gasteiger partial charge in [0, 0.05) is 12.2 Å². The van der Waals surface area contributed by atoms with Gasteiger partial charge in [-0.2, -0.15) is 0 Å². The number of rotatable bonds is 9. The lowest BCUT2D eigenvalue weighted by atomic mass is 10.2. The van der Waals surface area contributed by atoms with Gasteiger partial charge in [0.25, 0.3) is 5.91 Å². The molecule has 8 heteroatoms. The fourth-order valence-electron chi connectivity index (χ4n) is 3.40. The average molecular weight is 509 g/mol. The lowest BCUT2D eigenvalue weighted by molar-refractivity contribution is -0.118. The van der Waals surface area contributed by atoms with Crippen LogP contribution in [0, 0.1) is 6.92 Å². The second-order valence-electron chi connectivity index (χ2n) is 7.62. The molecule has 0 aliphatic heterocycles. The predicted molar refractivity (Wildman–Crippen MR) is 133 cm³/mol. The standard InChI is InChI=1S/C25H25BrN4O3/c1-16-7-9-18(10-8-16)28-24(31)15-33-25-19(26)11-17(12-22(25)32-2)13-27-14-23-29-20-5-3-4-6-21(20)30-23/h3-12,27H,13-15H2,1-2H3,(H,28,31)(H,29,30). The van der Waals surface area contributed by atoms with Crippen LogP contribution in [-0.4, -0.2) is 29.6 Å². The minimum Gasteiger partial charge on any atom is -0.493 e. The predicted octanol–water partition coefficient (Wildman–Crippen LogP) is 4.95. The molecule has 7 nitrogen and oxygen atoms in total. The zero-order valence-electron chi connectivity index (χ0n) is 18.4. The molecule has 0 bridgehead atoms. The third kappa shape index (κ3) is 5.91. The molecule has 0 unspecified atom stereocenters. The number of aryl methyl sites for hydroxylation is 1. The van der Waals surface area contributed by atoms with Crippen LogP contribution in [0.15, 0.2) is 65.1 Å². The van der Waals surface area contributed by atoms with Gasteiger partial charge in [0.1, 0.15) is 5.82 Å². The van der Waals surface area contributed by atoms with Crippen molar-refractivity contribution in [3.63, 3.8) is 0 Å². The maximum Gasteiger partial charge on any atom is 0.262 e. The molecule has 4 aromatic rings. The number of imidazole rings is 1. The third-order valence-electron chi connectivity index (χ3n) is 5.03. The number of para-hydroxylation sites is 2.